The van der Waals surface area contributed by atoms with Crippen LogP contribution in [0.5, 0.6) is 0 Å². The number of aromatic carboxylic acids is 4. The van der Waals surface area contributed by atoms with Crippen molar-refractivity contribution in [3.8, 4) is 11.1 Å². The molecule has 0 amide bonds. The van der Waals surface area contributed by atoms with Crippen LogP contribution in [-0.4, -0.2) is 44.3 Å². The minimum absolute atomic E-state index is 1.17. The Labute approximate surface area is 282 Å². The zero-order valence-electron chi connectivity index (χ0n) is 23.5. The fourth-order valence-electron chi connectivity index (χ4n) is 4.31. The highest BCUT2D eigenvalue weighted by Crippen LogP contribution is 2.46. The first-order chi connectivity index (χ1) is 24.0. The summed E-state index contributed by atoms with van der Waals surface area (Å²) in [5.41, 5.74) is -13.9. The summed E-state index contributed by atoms with van der Waals surface area (Å²) in [6.45, 7) is 0. The van der Waals surface area contributed by atoms with Gasteiger partial charge in [0.2, 0.25) is 0 Å². The Balaban J connectivity index is 1.95. The van der Waals surface area contributed by atoms with E-state index in [1.807, 2.05) is 0 Å². The van der Waals surface area contributed by atoms with Crippen molar-refractivity contribution in [2.45, 2.75) is 19.6 Å². The SMILES string of the molecule is O=C(O)c1c(F)c(F)c(Sc2c(F)c(F)c(-c3c(F)c(F)c(Sc4c(F)c(F)c(C(=O)O)c(C(=O)O)c4F)c(F)c3F)c(F)c2F)c(F)c1C(=O)O. The van der Waals surface area contributed by atoms with Crippen LogP contribution in [0.15, 0.2) is 19.6 Å². The van der Waals surface area contributed by atoms with Crippen molar-refractivity contribution in [1.29, 1.82) is 0 Å². The first-order valence-electron chi connectivity index (χ1n) is 12.4. The second kappa shape index (κ2) is 13.9. The molecule has 24 heteroatoms. The third kappa shape index (κ3) is 5.99. The lowest BCUT2D eigenvalue weighted by Gasteiger charge is -2.17. The van der Waals surface area contributed by atoms with Gasteiger partial charge in [0, 0.05) is 0 Å². The summed E-state index contributed by atoms with van der Waals surface area (Å²) in [5, 5.41) is 36.0. The topological polar surface area (TPSA) is 149 Å². The maximum atomic E-state index is 15.1. The Kier molecular flexibility index (Phi) is 10.5. The Morgan fingerprint density at radius 1 is 0.288 bits per heavy atom. The lowest BCUT2D eigenvalue weighted by atomic mass is 10.0. The molecule has 0 aromatic heterocycles. The van der Waals surface area contributed by atoms with Crippen molar-refractivity contribution in [2.75, 3.05) is 0 Å². The molecule has 0 bridgehead atoms. The molecule has 52 heavy (non-hydrogen) atoms. The lowest BCUT2D eigenvalue weighted by molar-refractivity contribution is 0.0640. The predicted molar refractivity (Wildman–Crippen MR) is 140 cm³/mol. The molecule has 0 aliphatic heterocycles. The molecule has 4 aromatic carbocycles. The quantitative estimate of drug-likeness (QED) is 0.0961. The van der Waals surface area contributed by atoms with Gasteiger partial charge in [-0.2, -0.15) is 0 Å². The van der Waals surface area contributed by atoms with Crippen molar-refractivity contribution in [3.63, 3.8) is 0 Å². The van der Waals surface area contributed by atoms with Gasteiger partial charge in [-0.15, -0.1) is 0 Å². The predicted octanol–water partition coefficient (Wildman–Crippen LogP) is 8.40. The van der Waals surface area contributed by atoms with Gasteiger partial charge in [-0.25, -0.2) is 80.6 Å². The smallest absolute Gasteiger partial charge is 0.339 e. The van der Waals surface area contributed by atoms with E-state index in [0.29, 0.717) is 0 Å². The molecule has 0 fully saturated rings. The van der Waals surface area contributed by atoms with Crippen LogP contribution < -0.4 is 0 Å². The van der Waals surface area contributed by atoms with Crippen molar-refractivity contribution in [1.82, 2.24) is 0 Å². The third-order valence-electron chi connectivity index (χ3n) is 6.52. The van der Waals surface area contributed by atoms with Crippen molar-refractivity contribution >= 4 is 47.4 Å². The van der Waals surface area contributed by atoms with Crippen LogP contribution in [0.4, 0.5) is 61.5 Å². The summed E-state index contributed by atoms with van der Waals surface area (Å²) in [4.78, 5) is 36.1. The first-order valence-corrected chi connectivity index (χ1v) is 14.1. The van der Waals surface area contributed by atoms with Crippen molar-refractivity contribution in [2.24, 2.45) is 0 Å². The number of carbonyl (C=O) groups is 4. The van der Waals surface area contributed by atoms with E-state index < -0.39 is 182 Å². The summed E-state index contributed by atoms with van der Waals surface area (Å²) >= 11 is -2.35. The molecule has 0 aliphatic carbocycles. The summed E-state index contributed by atoms with van der Waals surface area (Å²) in [6, 6.07) is 0. The molecule has 0 spiro atoms. The van der Waals surface area contributed by atoms with Gasteiger partial charge >= 0.3 is 23.9 Å². The molecule has 0 radical (unpaired) electrons. The van der Waals surface area contributed by atoms with E-state index in [4.69, 9.17) is 20.4 Å². The minimum Gasteiger partial charge on any atom is -0.478 e. The maximum absolute atomic E-state index is 15.1. The van der Waals surface area contributed by atoms with Crippen LogP contribution in [-0.2, 0) is 0 Å². The van der Waals surface area contributed by atoms with Crippen molar-refractivity contribution < 1.29 is 101 Å². The minimum atomic E-state index is -3.02. The van der Waals surface area contributed by atoms with Gasteiger partial charge in [0.05, 0.1) is 30.7 Å². The zero-order chi connectivity index (χ0) is 39.6. The number of carboxylic acid groups (broad SMARTS) is 4. The van der Waals surface area contributed by atoms with Gasteiger partial charge in [0.25, 0.3) is 0 Å². The van der Waals surface area contributed by atoms with E-state index in [0.717, 1.165) is 0 Å². The fraction of sp³-hybridized carbons (Fsp3) is 0. The molecule has 0 aliphatic rings. The van der Waals surface area contributed by atoms with Gasteiger partial charge < -0.3 is 20.4 Å². The highest BCUT2D eigenvalue weighted by molar-refractivity contribution is 7.99. The molecule has 274 valence electrons. The van der Waals surface area contributed by atoms with Gasteiger partial charge in [-0.1, -0.05) is 23.5 Å². The van der Waals surface area contributed by atoms with Crippen LogP contribution in [0.3, 0.4) is 0 Å². The standard InChI is InChI=1S/C28H4F14O8S2/c29-7-1(8(30)16(38)23(15(7)37)51-21-13(35)5(27(47)48)3(25(43)44)11(33)19(21)41)2-9(31)17(39)24(18(40)10(2)32)52-22-14(36)6(28(49)50)4(26(45)46)12(34)20(22)42/h(H,43,44)(H,45,46)(H,47,48)(H,49,50). The summed E-state index contributed by atoms with van der Waals surface area (Å²) in [7, 11) is 0. The van der Waals surface area contributed by atoms with Crippen LogP contribution >= 0.6 is 23.5 Å². The summed E-state index contributed by atoms with van der Waals surface area (Å²) in [6.07, 6.45) is 0. The van der Waals surface area contributed by atoms with Crippen LogP contribution in [0.2, 0.25) is 0 Å². The average Bonchev–Trinajstić information content (AvgIpc) is 3.06. The Morgan fingerprint density at radius 3 is 0.673 bits per heavy atom. The van der Waals surface area contributed by atoms with Crippen molar-refractivity contribution in [3.05, 3.63) is 104 Å². The highest BCUT2D eigenvalue weighted by Gasteiger charge is 2.39. The second-order valence-corrected chi connectivity index (χ2v) is 11.4. The zero-order valence-corrected chi connectivity index (χ0v) is 25.2. The first kappa shape index (κ1) is 39.3. The van der Waals surface area contributed by atoms with E-state index in [1.54, 1.807) is 0 Å². The molecule has 0 atom stereocenters. The monoisotopic (exact) mass is 798 g/mol. The van der Waals surface area contributed by atoms with Gasteiger partial charge in [-0.05, 0) is 0 Å². The number of rotatable bonds is 9. The van der Waals surface area contributed by atoms with Gasteiger partial charge in [0.15, 0.2) is 81.4 Å². The summed E-state index contributed by atoms with van der Waals surface area (Å²) in [5.74, 6) is -49.8. The Morgan fingerprint density at radius 2 is 0.462 bits per heavy atom. The molecule has 4 aromatic rings. The molecule has 8 nitrogen and oxygen atoms in total. The number of hydrogen-bond donors (Lipinski definition) is 4. The van der Waals surface area contributed by atoms with E-state index in [1.165, 1.54) is 0 Å². The maximum Gasteiger partial charge on any atom is 0.339 e. The highest BCUT2D eigenvalue weighted by atomic mass is 32.2. The van der Waals surface area contributed by atoms with E-state index in [-0.39, 0.29) is 0 Å². The molecule has 4 N–H and O–H groups in total. The molecular formula is C28H4F14O8S2. The second-order valence-electron chi connectivity index (χ2n) is 9.39. The number of halogens is 14. The Hall–Kier alpha value is -5.52. The van der Waals surface area contributed by atoms with Crippen LogP contribution in [0, 0.1) is 81.4 Å². The molecule has 0 saturated carbocycles. The molecule has 0 unspecified atom stereocenters. The molecule has 4 rings (SSSR count). The summed E-state index contributed by atoms with van der Waals surface area (Å²) < 4.78 is 208. The van der Waals surface area contributed by atoms with Gasteiger partial charge in [-0.3, -0.25) is 0 Å². The number of benzene rings is 4. The molecule has 0 saturated heterocycles. The van der Waals surface area contributed by atoms with Crippen LogP contribution in [0.1, 0.15) is 41.4 Å². The van der Waals surface area contributed by atoms with E-state index in [9.17, 15) is 45.5 Å². The van der Waals surface area contributed by atoms with Gasteiger partial charge in [0.1, 0.15) is 22.3 Å². The van der Waals surface area contributed by atoms with Crippen LogP contribution in [0.25, 0.3) is 11.1 Å². The Bertz CT molecular complexity index is 2120. The number of hydrogen-bond acceptors (Lipinski definition) is 6. The molecule has 0 heterocycles. The fourth-order valence-corrected chi connectivity index (χ4v) is 6.17. The average molecular weight is 798 g/mol. The third-order valence-corrected chi connectivity index (χ3v) is 8.77. The van der Waals surface area contributed by atoms with E-state index >= 15 is 35.1 Å². The normalized spacial score (nSPS) is 11.3. The largest absolute Gasteiger partial charge is 0.478 e. The lowest BCUT2D eigenvalue weighted by Crippen LogP contribution is -2.17. The number of carboxylic acids is 4. The molecular weight excluding hydrogens is 794 g/mol. The van der Waals surface area contributed by atoms with E-state index in [2.05, 4.69) is 0 Å².